The predicted molar refractivity (Wildman–Crippen MR) is 88.3 cm³/mol. The van der Waals surface area contributed by atoms with Crippen molar-refractivity contribution < 1.29 is 0 Å². The van der Waals surface area contributed by atoms with E-state index in [1.54, 1.807) is 17.4 Å². The fourth-order valence-electron chi connectivity index (χ4n) is 2.82. The maximum absolute atomic E-state index is 9.30. The van der Waals surface area contributed by atoms with Crippen LogP contribution in [0.15, 0.2) is 30.2 Å². The van der Waals surface area contributed by atoms with E-state index in [1.807, 2.05) is 16.3 Å². The molecule has 1 aliphatic rings. The van der Waals surface area contributed by atoms with Crippen molar-refractivity contribution >= 4 is 28.5 Å². The number of thiophene rings is 2. The maximum Gasteiger partial charge on any atom is 0.120 e. The number of hydrogen-bond donors (Lipinski definition) is 1. The Morgan fingerprint density at radius 2 is 2.38 bits per heavy atom. The van der Waals surface area contributed by atoms with Crippen LogP contribution in [0.5, 0.6) is 0 Å². The number of nitrogens with zero attached hydrogens (tertiary/aromatic N) is 2. The first kappa shape index (κ1) is 14.1. The summed E-state index contributed by atoms with van der Waals surface area (Å²) in [5.74, 6) is 0.616. The van der Waals surface area contributed by atoms with Gasteiger partial charge in [-0.15, -0.1) is 22.7 Å². The zero-order valence-corrected chi connectivity index (χ0v) is 13.4. The van der Waals surface area contributed by atoms with Crippen molar-refractivity contribution in [1.82, 2.24) is 4.90 Å². The van der Waals surface area contributed by atoms with Crippen molar-refractivity contribution in [3.63, 3.8) is 0 Å². The largest absolute Gasteiger partial charge is 0.351 e. The second-order valence-electron chi connectivity index (χ2n) is 5.07. The summed E-state index contributed by atoms with van der Waals surface area (Å²) in [7, 11) is 0. The second kappa shape index (κ2) is 5.47. The number of hydrogen-bond acceptors (Lipinski definition) is 4. The zero-order valence-electron chi connectivity index (χ0n) is 11.7. The summed E-state index contributed by atoms with van der Waals surface area (Å²) in [6, 6.07) is 6.58. The van der Waals surface area contributed by atoms with Gasteiger partial charge in [-0.2, -0.15) is 5.26 Å². The summed E-state index contributed by atoms with van der Waals surface area (Å²) in [6.45, 7) is 7.32. The maximum atomic E-state index is 9.30. The Morgan fingerprint density at radius 1 is 1.57 bits per heavy atom. The molecular weight excluding hydrogens is 298 g/mol. The van der Waals surface area contributed by atoms with E-state index in [0.717, 1.165) is 23.5 Å². The highest BCUT2D eigenvalue weighted by Crippen LogP contribution is 2.40. The lowest BCUT2D eigenvalue weighted by Gasteiger charge is -2.33. The van der Waals surface area contributed by atoms with E-state index in [1.165, 1.54) is 26.7 Å². The van der Waals surface area contributed by atoms with E-state index in [-0.39, 0.29) is 5.92 Å². The van der Waals surface area contributed by atoms with Crippen LogP contribution in [0.25, 0.3) is 0 Å². The Morgan fingerprint density at radius 3 is 3.10 bits per heavy atom. The number of aryl methyl sites for hydroxylation is 1. The molecule has 3 rings (SSSR count). The van der Waals surface area contributed by atoms with E-state index in [2.05, 4.69) is 25.6 Å². The minimum absolute atomic E-state index is 0.167. The van der Waals surface area contributed by atoms with E-state index >= 15 is 0 Å². The molecule has 0 saturated heterocycles. The molecule has 0 saturated carbocycles. The van der Waals surface area contributed by atoms with Crippen LogP contribution >= 0.6 is 22.7 Å². The monoisotopic (exact) mass is 313 g/mol. The van der Waals surface area contributed by atoms with Crippen molar-refractivity contribution in [1.29, 1.82) is 10.7 Å². The Kier molecular flexibility index (Phi) is 3.66. The van der Waals surface area contributed by atoms with Gasteiger partial charge in [0.1, 0.15) is 16.8 Å². The van der Waals surface area contributed by atoms with E-state index in [4.69, 9.17) is 5.41 Å². The lowest BCUT2D eigenvalue weighted by Crippen LogP contribution is -2.36. The third kappa shape index (κ3) is 2.41. The molecule has 21 heavy (non-hydrogen) atoms. The highest BCUT2D eigenvalue weighted by atomic mass is 32.1. The molecule has 0 unspecified atom stereocenters. The first-order chi connectivity index (χ1) is 10.1. The molecule has 0 spiro atoms. The fourth-order valence-corrected chi connectivity index (χ4v) is 4.68. The molecule has 0 bridgehead atoms. The number of fused-ring (bicyclic) bond motifs is 1. The molecule has 3 heterocycles. The van der Waals surface area contributed by atoms with Gasteiger partial charge in [0.2, 0.25) is 0 Å². The summed E-state index contributed by atoms with van der Waals surface area (Å²) in [5, 5.41) is 19.3. The molecule has 0 aliphatic carbocycles. The lowest BCUT2D eigenvalue weighted by atomic mass is 9.88. The first-order valence-electron chi connectivity index (χ1n) is 6.66. The van der Waals surface area contributed by atoms with Crippen molar-refractivity contribution in [3.05, 3.63) is 55.9 Å². The third-order valence-corrected chi connectivity index (χ3v) is 5.67. The van der Waals surface area contributed by atoms with E-state index in [9.17, 15) is 5.26 Å². The van der Waals surface area contributed by atoms with Crippen LogP contribution in [-0.2, 0) is 6.54 Å². The molecular formula is C16H15N3S2. The van der Waals surface area contributed by atoms with Gasteiger partial charge in [-0.05, 0) is 41.6 Å². The molecule has 0 fully saturated rings. The third-order valence-electron chi connectivity index (χ3n) is 3.78. The van der Waals surface area contributed by atoms with Crippen LogP contribution in [0.1, 0.15) is 31.7 Å². The van der Waals surface area contributed by atoms with Gasteiger partial charge in [0, 0.05) is 22.2 Å². The summed E-state index contributed by atoms with van der Waals surface area (Å²) in [4.78, 5) is 5.40. The second-order valence-corrected chi connectivity index (χ2v) is 7.33. The van der Waals surface area contributed by atoms with Crippen molar-refractivity contribution in [2.24, 2.45) is 0 Å². The first-order valence-corrected chi connectivity index (χ1v) is 8.36. The van der Waals surface area contributed by atoms with E-state index in [0.29, 0.717) is 5.84 Å². The molecule has 3 nitrogen and oxygen atoms in total. The molecule has 106 valence electrons. The zero-order chi connectivity index (χ0) is 15.0. The van der Waals surface area contributed by atoms with Gasteiger partial charge in [0.25, 0.3) is 0 Å². The smallest absolute Gasteiger partial charge is 0.120 e. The highest BCUT2D eigenvalue weighted by molar-refractivity contribution is 7.12. The van der Waals surface area contributed by atoms with Crippen LogP contribution < -0.4 is 0 Å². The van der Waals surface area contributed by atoms with Gasteiger partial charge in [-0.1, -0.05) is 6.58 Å². The number of rotatable bonds is 2. The molecule has 0 aromatic carbocycles. The summed E-state index contributed by atoms with van der Waals surface area (Å²) >= 11 is 3.27. The Hall–Kier alpha value is -1.90. The lowest BCUT2D eigenvalue weighted by molar-refractivity contribution is 0.375. The standard InChI is InChI=1S/C16H15N3S2/c1-3-16(18)19-8-13(11-4-5-20-14(11)7-17)12-6-10(2)21-15(12)9-19/h3-6,13,18H,1,8-9H2,2H3/t13-/m1/s1. The van der Waals surface area contributed by atoms with Gasteiger partial charge in [-0.25, -0.2) is 0 Å². The topological polar surface area (TPSA) is 50.9 Å². The van der Waals surface area contributed by atoms with Crippen LogP contribution in [0, 0.1) is 23.7 Å². The van der Waals surface area contributed by atoms with Gasteiger partial charge in [0.15, 0.2) is 0 Å². The quantitative estimate of drug-likeness (QED) is 0.670. The normalized spacial score (nSPS) is 17.1. The SMILES string of the molecule is C=CC(=N)N1Cc2sc(C)cc2[C@@H](c2ccsc2C#N)C1. The minimum atomic E-state index is 0.167. The van der Waals surface area contributed by atoms with Crippen LogP contribution in [0.2, 0.25) is 0 Å². The Balaban J connectivity index is 2.08. The number of nitriles is 1. The molecule has 2 aromatic rings. The van der Waals surface area contributed by atoms with Gasteiger partial charge < -0.3 is 4.90 Å². The Bertz CT molecular complexity index is 748. The minimum Gasteiger partial charge on any atom is -0.351 e. The van der Waals surface area contributed by atoms with E-state index < -0.39 is 0 Å². The molecule has 1 N–H and O–H groups in total. The summed E-state index contributed by atoms with van der Waals surface area (Å²) in [5.41, 5.74) is 2.41. The van der Waals surface area contributed by atoms with Crippen molar-refractivity contribution in [2.45, 2.75) is 19.4 Å². The molecule has 1 aliphatic heterocycles. The van der Waals surface area contributed by atoms with Gasteiger partial charge in [-0.3, -0.25) is 5.41 Å². The predicted octanol–water partition coefficient (Wildman–Crippen LogP) is 4.10. The van der Waals surface area contributed by atoms with Crippen molar-refractivity contribution in [3.8, 4) is 6.07 Å². The molecule has 0 radical (unpaired) electrons. The number of nitrogens with one attached hydrogen (secondary N) is 1. The van der Waals surface area contributed by atoms with Crippen LogP contribution in [0.4, 0.5) is 0 Å². The van der Waals surface area contributed by atoms with Gasteiger partial charge >= 0.3 is 0 Å². The average Bonchev–Trinajstić information content (AvgIpc) is 3.09. The Labute approximate surface area is 132 Å². The van der Waals surface area contributed by atoms with Gasteiger partial charge in [0.05, 0.1) is 6.54 Å². The van der Waals surface area contributed by atoms with Crippen molar-refractivity contribution in [2.75, 3.05) is 6.54 Å². The summed E-state index contributed by atoms with van der Waals surface area (Å²) < 4.78 is 0. The molecule has 0 amide bonds. The summed E-state index contributed by atoms with van der Waals surface area (Å²) in [6.07, 6.45) is 1.58. The molecule has 1 atom stereocenters. The van der Waals surface area contributed by atoms with Crippen LogP contribution in [-0.4, -0.2) is 17.3 Å². The number of amidine groups is 1. The fraction of sp³-hybridized carbons (Fsp3) is 0.250. The van der Waals surface area contributed by atoms with Crippen LogP contribution in [0.3, 0.4) is 0 Å². The molecule has 2 aromatic heterocycles. The molecule has 5 heteroatoms. The average molecular weight is 313 g/mol. The highest BCUT2D eigenvalue weighted by Gasteiger charge is 2.30.